The van der Waals surface area contributed by atoms with Crippen LogP contribution in [0.1, 0.15) is 25.7 Å². The fourth-order valence-corrected chi connectivity index (χ4v) is 1.11. The molecule has 1 rings (SSSR count). The molecule has 0 aliphatic heterocycles. The molecule has 0 aromatic carbocycles. The summed E-state index contributed by atoms with van der Waals surface area (Å²) in [6.07, 6.45) is 22.0. The molecule has 0 spiro atoms. The molecule has 0 amide bonds. The van der Waals surface area contributed by atoms with Gasteiger partial charge < -0.3 is 0 Å². The van der Waals surface area contributed by atoms with E-state index in [4.69, 9.17) is 0 Å². The molecule has 0 unspecified atom stereocenters. The third kappa shape index (κ3) is 4.73. The molecule has 0 bridgehead atoms. The predicted molar refractivity (Wildman–Crippen MR) is 55.0 cm³/mol. The van der Waals surface area contributed by atoms with Gasteiger partial charge in [0.25, 0.3) is 0 Å². The summed E-state index contributed by atoms with van der Waals surface area (Å²) < 4.78 is 0. The SMILES string of the molecule is C1=C\C/C=C/CCC\C=C/C=C/1. The molecule has 0 heterocycles. The molecule has 0 N–H and O–H groups in total. The van der Waals surface area contributed by atoms with E-state index >= 15 is 0 Å². The monoisotopic (exact) mass is 160 g/mol. The topological polar surface area (TPSA) is 0 Å². The van der Waals surface area contributed by atoms with Gasteiger partial charge in [0, 0.05) is 0 Å². The van der Waals surface area contributed by atoms with E-state index in [0.29, 0.717) is 0 Å². The number of hydrogen-bond acceptors (Lipinski definition) is 0. The normalized spacial score (nSPS) is 29.3. The lowest BCUT2D eigenvalue weighted by Crippen LogP contribution is -1.69. The second-order valence-corrected chi connectivity index (χ2v) is 2.88. The van der Waals surface area contributed by atoms with Crippen LogP contribution in [0.2, 0.25) is 0 Å². The second kappa shape index (κ2) is 6.66. The third-order valence-electron chi connectivity index (χ3n) is 1.79. The zero-order valence-corrected chi connectivity index (χ0v) is 7.45. The Labute approximate surface area is 75.0 Å². The van der Waals surface area contributed by atoms with Crippen LogP contribution in [0.25, 0.3) is 0 Å². The van der Waals surface area contributed by atoms with Gasteiger partial charge in [-0.1, -0.05) is 48.6 Å². The lowest BCUT2D eigenvalue weighted by Gasteiger charge is -1.90. The molecule has 1 aliphatic rings. The Morgan fingerprint density at radius 3 is 2.25 bits per heavy atom. The first-order chi connectivity index (χ1) is 6.00. The zero-order valence-electron chi connectivity index (χ0n) is 7.45. The molecular weight excluding hydrogens is 144 g/mol. The van der Waals surface area contributed by atoms with Crippen LogP contribution < -0.4 is 0 Å². The Hall–Kier alpha value is -1.04. The van der Waals surface area contributed by atoms with Crippen molar-refractivity contribution in [1.29, 1.82) is 0 Å². The first kappa shape index (κ1) is 9.05. The molecule has 64 valence electrons. The number of hydrogen-bond donors (Lipinski definition) is 0. The Morgan fingerprint density at radius 2 is 1.33 bits per heavy atom. The van der Waals surface area contributed by atoms with Crippen molar-refractivity contribution < 1.29 is 0 Å². The zero-order chi connectivity index (χ0) is 8.49. The lowest BCUT2D eigenvalue weighted by molar-refractivity contribution is 0.866. The van der Waals surface area contributed by atoms with Gasteiger partial charge in [-0.25, -0.2) is 0 Å². The highest BCUT2D eigenvalue weighted by Gasteiger charge is 1.80. The average Bonchev–Trinajstić information content (AvgIpc) is 2.05. The molecule has 12 heavy (non-hydrogen) atoms. The van der Waals surface area contributed by atoms with Crippen molar-refractivity contribution in [3.63, 3.8) is 0 Å². The summed E-state index contributed by atoms with van der Waals surface area (Å²) in [6, 6.07) is 0. The highest BCUT2D eigenvalue weighted by Crippen LogP contribution is 2.00. The van der Waals surface area contributed by atoms with Gasteiger partial charge in [0.15, 0.2) is 0 Å². The third-order valence-corrected chi connectivity index (χ3v) is 1.79. The van der Waals surface area contributed by atoms with Crippen LogP contribution in [-0.2, 0) is 0 Å². The number of allylic oxidation sites excluding steroid dienone is 8. The van der Waals surface area contributed by atoms with Crippen LogP contribution in [0, 0.1) is 0 Å². The Bertz CT molecular complexity index is 204. The molecule has 1 aliphatic carbocycles. The van der Waals surface area contributed by atoms with Crippen LogP contribution in [0.3, 0.4) is 0 Å². The lowest BCUT2D eigenvalue weighted by atomic mass is 10.2. The van der Waals surface area contributed by atoms with Gasteiger partial charge in [0.1, 0.15) is 0 Å². The summed E-state index contributed by atoms with van der Waals surface area (Å²) in [5.74, 6) is 0. The van der Waals surface area contributed by atoms with Gasteiger partial charge in [-0.05, 0) is 25.7 Å². The van der Waals surface area contributed by atoms with Gasteiger partial charge in [-0.2, -0.15) is 0 Å². The molecule has 0 radical (unpaired) electrons. The van der Waals surface area contributed by atoms with E-state index in [-0.39, 0.29) is 0 Å². The number of rotatable bonds is 0. The second-order valence-electron chi connectivity index (χ2n) is 2.88. The summed E-state index contributed by atoms with van der Waals surface area (Å²) in [4.78, 5) is 0. The predicted octanol–water partition coefficient (Wildman–Crippen LogP) is 3.79. The standard InChI is InChI=1S/C12H16/c1-2-4-6-8-10-12-11-9-7-5-3-1/h1-6,9,11H,7-8,10,12H2/b2-1+,5-3-,6-4-,11-9+. The minimum atomic E-state index is 1.06. The smallest absolute Gasteiger partial charge is 0.0166 e. The van der Waals surface area contributed by atoms with Gasteiger partial charge >= 0.3 is 0 Å². The van der Waals surface area contributed by atoms with E-state index in [1.165, 1.54) is 19.3 Å². The first-order valence-electron chi connectivity index (χ1n) is 4.63. The van der Waals surface area contributed by atoms with Crippen molar-refractivity contribution in [2.45, 2.75) is 25.7 Å². The quantitative estimate of drug-likeness (QED) is 0.473. The van der Waals surface area contributed by atoms with Crippen LogP contribution in [0.5, 0.6) is 0 Å². The molecule has 0 saturated carbocycles. The van der Waals surface area contributed by atoms with Gasteiger partial charge in [-0.3, -0.25) is 0 Å². The molecule has 0 aromatic heterocycles. The molecule has 0 fully saturated rings. The summed E-state index contributed by atoms with van der Waals surface area (Å²) >= 11 is 0. The summed E-state index contributed by atoms with van der Waals surface area (Å²) in [7, 11) is 0. The molecular formula is C12H16. The Kier molecular flexibility index (Phi) is 5.02. The van der Waals surface area contributed by atoms with E-state index < -0.39 is 0 Å². The molecule has 0 atom stereocenters. The molecule has 0 nitrogen and oxygen atoms in total. The van der Waals surface area contributed by atoms with E-state index in [9.17, 15) is 0 Å². The van der Waals surface area contributed by atoms with E-state index in [1.54, 1.807) is 0 Å². The molecule has 0 heteroatoms. The summed E-state index contributed by atoms with van der Waals surface area (Å²) in [6.45, 7) is 0. The maximum Gasteiger partial charge on any atom is -0.0166 e. The maximum absolute atomic E-state index is 2.27. The van der Waals surface area contributed by atoms with E-state index in [0.717, 1.165) is 6.42 Å². The van der Waals surface area contributed by atoms with Gasteiger partial charge in [0.05, 0.1) is 0 Å². The van der Waals surface area contributed by atoms with Crippen molar-refractivity contribution in [2.75, 3.05) is 0 Å². The highest BCUT2D eigenvalue weighted by molar-refractivity contribution is 5.12. The van der Waals surface area contributed by atoms with E-state index in [1.807, 2.05) is 0 Å². The van der Waals surface area contributed by atoms with Crippen LogP contribution >= 0.6 is 0 Å². The molecule has 0 aromatic rings. The van der Waals surface area contributed by atoms with Crippen molar-refractivity contribution in [2.24, 2.45) is 0 Å². The summed E-state index contributed by atoms with van der Waals surface area (Å²) in [5, 5.41) is 0. The minimum Gasteiger partial charge on any atom is -0.0882 e. The van der Waals surface area contributed by atoms with Crippen molar-refractivity contribution >= 4 is 0 Å². The van der Waals surface area contributed by atoms with E-state index in [2.05, 4.69) is 48.6 Å². The van der Waals surface area contributed by atoms with Gasteiger partial charge in [0.2, 0.25) is 0 Å². The summed E-state index contributed by atoms with van der Waals surface area (Å²) in [5.41, 5.74) is 0. The van der Waals surface area contributed by atoms with Crippen LogP contribution in [-0.4, -0.2) is 0 Å². The van der Waals surface area contributed by atoms with Crippen LogP contribution in [0.4, 0.5) is 0 Å². The Morgan fingerprint density at radius 1 is 0.583 bits per heavy atom. The Balaban J connectivity index is 2.42. The van der Waals surface area contributed by atoms with Crippen molar-refractivity contribution in [3.05, 3.63) is 48.6 Å². The fraction of sp³-hybridized carbons (Fsp3) is 0.333. The minimum absolute atomic E-state index is 1.06. The van der Waals surface area contributed by atoms with Crippen LogP contribution in [0.15, 0.2) is 48.6 Å². The van der Waals surface area contributed by atoms with Crippen molar-refractivity contribution in [1.82, 2.24) is 0 Å². The first-order valence-corrected chi connectivity index (χ1v) is 4.63. The fourth-order valence-electron chi connectivity index (χ4n) is 1.11. The van der Waals surface area contributed by atoms with Crippen molar-refractivity contribution in [3.8, 4) is 0 Å². The average molecular weight is 160 g/mol. The largest absolute Gasteiger partial charge is 0.0882 e. The van der Waals surface area contributed by atoms with Gasteiger partial charge in [-0.15, -0.1) is 0 Å². The maximum atomic E-state index is 2.27. The molecule has 0 saturated heterocycles. The highest BCUT2D eigenvalue weighted by atomic mass is 13.9.